The van der Waals surface area contributed by atoms with Gasteiger partial charge in [-0.1, -0.05) is 0 Å². The molecule has 0 spiro atoms. The molecule has 86 valence electrons. The van der Waals surface area contributed by atoms with Crippen molar-refractivity contribution in [2.75, 3.05) is 20.6 Å². The van der Waals surface area contributed by atoms with Crippen LogP contribution in [0.3, 0.4) is 0 Å². The molecular weight excluding hydrogens is 192 g/mol. The van der Waals surface area contributed by atoms with E-state index in [-0.39, 0.29) is 5.91 Å². The lowest BCUT2D eigenvalue weighted by Gasteiger charge is -2.30. The van der Waals surface area contributed by atoms with Crippen molar-refractivity contribution in [1.29, 1.82) is 0 Å². The van der Waals surface area contributed by atoms with Crippen LogP contribution in [0.15, 0.2) is 0 Å². The number of nitrogens with zero attached hydrogens (tertiary/aromatic N) is 1. The standard InChI is InChI=1S/C11H20N2O2/c1-12-11(15)6-7-13(2)9-4-3-5-10(14)8-9/h9H,3-8H2,1-2H3,(H,12,15). The minimum Gasteiger partial charge on any atom is -0.359 e. The van der Waals surface area contributed by atoms with Gasteiger partial charge in [0.05, 0.1) is 0 Å². The van der Waals surface area contributed by atoms with Gasteiger partial charge in [-0.15, -0.1) is 0 Å². The number of nitrogens with one attached hydrogen (secondary N) is 1. The Balaban J connectivity index is 2.29. The van der Waals surface area contributed by atoms with Crippen LogP contribution in [0.25, 0.3) is 0 Å². The molecule has 0 saturated heterocycles. The first-order valence-corrected chi connectivity index (χ1v) is 5.56. The second-order valence-corrected chi connectivity index (χ2v) is 4.19. The molecule has 0 bridgehead atoms. The highest BCUT2D eigenvalue weighted by Gasteiger charge is 2.22. The van der Waals surface area contributed by atoms with Gasteiger partial charge in [0, 0.05) is 38.9 Å². The van der Waals surface area contributed by atoms with Crippen molar-refractivity contribution < 1.29 is 9.59 Å². The number of ketones is 1. The van der Waals surface area contributed by atoms with Crippen molar-refractivity contribution in [3.05, 3.63) is 0 Å². The molecule has 0 radical (unpaired) electrons. The van der Waals surface area contributed by atoms with Crippen LogP contribution >= 0.6 is 0 Å². The molecule has 4 nitrogen and oxygen atoms in total. The summed E-state index contributed by atoms with van der Waals surface area (Å²) in [6.45, 7) is 0.734. The average molecular weight is 212 g/mol. The zero-order chi connectivity index (χ0) is 11.3. The van der Waals surface area contributed by atoms with Crippen molar-refractivity contribution in [1.82, 2.24) is 10.2 Å². The maximum Gasteiger partial charge on any atom is 0.221 e. The predicted octanol–water partition coefficient (Wildman–Crippen LogP) is 0.566. The molecule has 0 aromatic rings. The molecule has 1 aliphatic rings. The van der Waals surface area contributed by atoms with E-state index < -0.39 is 0 Å². The van der Waals surface area contributed by atoms with Gasteiger partial charge < -0.3 is 10.2 Å². The number of carbonyl (C=O) groups excluding carboxylic acids is 2. The molecule has 1 unspecified atom stereocenters. The Kier molecular flexibility index (Phi) is 4.75. The third-order valence-electron chi connectivity index (χ3n) is 3.05. The third kappa shape index (κ3) is 4.00. The normalized spacial score (nSPS) is 21.8. The van der Waals surface area contributed by atoms with Gasteiger partial charge in [-0.2, -0.15) is 0 Å². The first-order chi connectivity index (χ1) is 7.13. The molecule has 1 fully saturated rings. The summed E-state index contributed by atoms with van der Waals surface area (Å²) < 4.78 is 0. The van der Waals surface area contributed by atoms with Gasteiger partial charge >= 0.3 is 0 Å². The van der Waals surface area contributed by atoms with Gasteiger partial charge in [-0.05, 0) is 19.9 Å². The van der Waals surface area contributed by atoms with E-state index in [4.69, 9.17) is 0 Å². The highest BCUT2D eigenvalue weighted by molar-refractivity contribution is 5.79. The smallest absolute Gasteiger partial charge is 0.221 e. The Labute approximate surface area is 91.0 Å². The number of rotatable bonds is 4. The SMILES string of the molecule is CNC(=O)CCN(C)C1CCCC(=O)C1. The van der Waals surface area contributed by atoms with E-state index in [1.165, 1.54) is 0 Å². The molecule has 1 atom stereocenters. The maximum atomic E-state index is 11.3. The number of Topliss-reactive ketones (excluding diaryl/α,β-unsaturated/α-hetero) is 1. The van der Waals surface area contributed by atoms with Crippen LogP contribution in [-0.2, 0) is 9.59 Å². The summed E-state index contributed by atoms with van der Waals surface area (Å²) in [6, 6.07) is 0.343. The zero-order valence-corrected chi connectivity index (χ0v) is 9.58. The molecule has 0 aromatic heterocycles. The Morgan fingerprint density at radius 2 is 2.33 bits per heavy atom. The van der Waals surface area contributed by atoms with Crippen molar-refractivity contribution in [3.63, 3.8) is 0 Å². The van der Waals surface area contributed by atoms with Crippen LogP contribution in [-0.4, -0.2) is 43.3 Å². The number of hydrogen-bond donors (Lipinski definition) is 1. The van der Waals surface area contributed by atoms with Crippen LogP contribution in [0, 0.1) is 0 Å². The van der Waals surface area contributed by atoms with E-state index in [1.54, 1.807) is 7.05 Å². The molecule has 1 saturated carbocycles. The second kappa shape index (κ2) is 5.85. The van der Waals surface area contributed by atoms with Crippen molar-refractivity contribution in [2.45, 2.75) is 38.1 Å². The van der Waals surface area contributed by atoms with Crippen LogP contribution in [0.2, 0.25) is 0 Å². The highest BCUT2D eigenvalue weighted by atomic mass is 16.1. The quantitative estimate of drug-likeness (QED) is 0.741. The Bertz CT molecular complexity index is 241. The van der Waals surface area contributed by atoms with Crippen LogP contribution in [0.5, 0.6) is 0 Å². The fraction of sp³-hybridized carbons (Fsp3) is 0.818. The summed E-state index contributed by atoms with van der Waals surface area (Å²) in [5.41, 5.74) is 0. The third-order valence-corrected chi connectivity index (χ3v) is 3.05. The highest BCUT2D eigenvalue weighted by Crippen LogP contribution is 2.19. The van der Waals surface area contributed by atoms with E-state index in [0.717, 1.165) is 25.8 Å². The lowest BCUT2D eigenvalue weighted by Crippen LogP contribution is -2.38. The van der Waals surface area contributed by atoms with E-state index in [1.807, 2.05) is 7.05 Å². The fourth-order valence-corrected chi connectivity index (χ4v) is 1.96. The van der Waals surface area contributed by atoms with Crippen molar-refractivity contribution >= 4 is 11.7 Å². The fourth-order valence-electron chi connectivity index (χ4n) is 1.96. The predicted molar refractivity (Wildman–Crippen MR) is 58.6 cm³/mol. The minimum absolute atomic E-state index is 0.0592. The largest absolute Gasteiger partial charge is 0.359 e. The first kappa shape index (κ1) is 12.2. The van der Waals surface area contributed by atoms with Crippen molar-refractivity contribution in [3.8, 4) is 0 Å². The van der Waals surface area contributed by atoms with Gasteiger partial charge in [0.15, 0.2) is 0 Å². The monoisotopic (exact) mass is 212 g/mol. The molecule has 1 rings (SSSR count). The number of carbonyl (C=O) groups is 2. The van der Waals surface area contributed by atoms with Gasteiger partial charge in [-0.3, -0.25) is 9.59 Å². The van der Waals surface area contributed by atoms with Crippen LogP contribution in [0.1, 0.15) is 32.1 Å². The summed E-state index contributed by atoms with van der Waals surface area (Å²) >= 11 is 0. The second-order valence-electron chi connectivity index (χ2n) is 4.19. The Morgan fingerprint density at radius 1 is 1.60 bits per heavy atom. The van der Waals surface area contributed by atoms with Crippen molar-refractivity contribution in [2.24, 2.45) is 0 Å². The summed E-state index contributed by atoms with van der Waals surface area (Å²) in [6.07, 6.45) is 3.98. The van der Waals surface area contributed by atoms with Gasteiger partial charge in [-0.25, -0.2) is 0 Å². The van der Waals surface area contributed by atoms with E-state index in [0.29, 0.717) is 24.7 Å². The molecule has 1 aliphatic carbocycles. The van der Waals surface area contributed by atoms with Crippen LogP contribution < -0.4 is 5.32 Å². The average Bonchev–Trinajstić information content (AvgIpc) is 2.25. The molecule has 1 amide bonds. The van der Waals surface area contributed by atoms with E-state index in [2.05, 4.69) is 10.2 Å². The summed E-state index contributed by atoms with van der Waals surface area (Å²) in [5, 5.41) is 2.60. The molecule has 0 aromatic carbocycles. The molecule has 4 heteroatoms. The molecule has 0 heterocycles. The number of amides is 1. The summed E-state index contributed by atoms with van der Waals surface area (Å²) in [7, 11) is 3.64. The maximum absolute atomic E-state index is 11.3. The van der Waals surface area contributed by atoms with E-state index in [9.17, 15) is 9.59 Å². The molecule has 15 heavy (non-hydrogen) atoms. The summed E-state index contributed by atoms with van der Waals surface area (Å²) in [5.74, 6) is 0.419. The van der Waals surface area contributed by atoms with Gasteiger partial charge in [0.2, 0.25) is 5.91 Å². The molecular formula is C11H20N2O2. The van der Waals surface area contributed by atoms with Crippen LogP contribution in [0.4, 0.5) is 0 Å². The summed E-state index contributed by atoms with van der Waals surface area (Å²) in [4.78, 5) is 24.5. The van der Waals surface area contributed by atoms with Gasteiger partial charge in [0.25, 0.3) is 0 Å². The topological polar surface area (TPSA) is 49.4 Å². The van der Waals surface area contributed by atoms with E-state index >= 15 is 0 Å². The number of hydrogen-bond acceptors (Lipinski definition) is 3. The lowest BCUT2D eigenvalue weighted by molar-refractivity contribution is -0.122. The lowest BCUT2D eigenvalue weighted by atomic mass is 9.93. The Hall–Kier alpha value is -0.900. The molecule has 1 N–H and O–H groups in total. The Morgan fingerprint density at radius 3 is 2.93 bits per heavy atom. The van der Waals surface area contributed by atoms with Gasteiger partial charge in [0.1, 0.15) is 5.78 Å². The first-order valence-electron chi connectivity index (χ1n) is 5.56. The molecule has 0 aliphatic heterocycles. The zero-order valence-electron chi connectivity index (χ0n) is 9.58. The minimum atomic E-state index is 0.0592.